The number of hydrogen-bond acceptors (Lipinski definition) is 3. The molecular formula is C17H27F2NO2. The lowest BCUT2D eigenvalue weighted by atomic mass is 9.77. The van der Waals surface area contributed by atoms with Crippen LogP contribution in [0.5, 0.6) is 5.75 Å². The smallest absolute Gasteiger partial charge is 0.289 e. The molecule has 0 amide bonds. The van der Waals surface area contributed by atoms with Gasteiger partial charge in [-0.2, -0.15) is 0 Å². The van der Waals surface area contributed by atoms with Crippen LogP contribution in [0, 0.1) is 0 Å². The largest absolute Gasteiger partial charge is 0.507 e. The van der Waals surface area contributed by atoms with Crippen molar-refractivity contribution < 1.29 is 19.0 Å². The fourth-order valence-corrected chi connectivity index (χ4v) is 2.32. The molecule has 0 fully saturated rings. The summed E-state index contributed by atoms with van der Waals surface area (Å²) in [6.45, 7) is 10.1. The minimum Gasteiger partial charge on any atom is -0.507 e. The summed E-state index contributed by atoms with van der Waals surface area (Å²) in [6, 6.07) is 1.40. The fourth-order valence-electron chi connectivity index (χ4n) is 2.32. The molecule has 3 nitrogen and oxygen atoms in total. The second kappa shape index (κ2) is 5.78. The van der Waals surface area contributed by atoms with Gasteiger partial charge in [0.15, 0.2) is 0 Å². The number of rotatable bonds is 3. The number of benzene rings is 1. The topological polar surface area (TPSA) is 66.5 Å². The predicted molar refractivity (Wildman–Crippen MR) is 84.5 cm³/mol. The highest BCUT2D eigenvalue weighted by molar-refractivity contribution is 5.50. The molecule has 0 heterocycles. The van der Waals surface area contributed by atoms with Gasteiger partial charge in [-0.25, -0.2) is 8.78 Å². The van der Waals surface area contributed by atoms with E-state index in [1.165, 1.54) is 12.1 Å². The molecule has 0 unspecified atom stereocenters. The van der Waals surface area contributed by atoms with E-state index in [0.29, 0.717) is 11.1 Å². The number of halogens is 2. The number of aliphatic hydroxyl groups is 1. The van der Waals surface area contributed by atoms with Gasteiger partial charge in [0, 0.05) is 0 Å². The van der Waals surface area contributed by atoms with Crippen molar-refractivity contribution in [3.05, 3.63) is 28.8 Å². The van der Waals surface area contributed by atoms with Crippen LogP contribution in [0.4, 0.5) is 8.78 Å². The monoisotopic (exact) mass is 315 g/mol. The Balaban J connectivity index is 3.62. The quantitative estimate of drug-likeness (QED) is 0.798. The zero-order chi connectivity index (χ0) is 17.5. The van der Waals surface area contributed by atoms with Crippen molar-refractivity contribution in [1.82, 2.24) is 0 Å². The minimum absolute atomic E-state index is 0.114. The second-order valence-electron chi connectivity index (χ2n) is 7.86. The van der Waals surface area contributed by atoms with E-state index >= 15 is 0 Å². The Morgan fingerprint density at radius 3 is 1.64 bits per heavy atom. The number of nitrogens with two attached hydrogens (primary N) is 1. The summed E-state index contributed by atoms with van der Waals surface area (Å²) in [5.74, 6) is -3.30. The van der Waals surface area contributed by atoms with Crippen LogP contribution in [0.1, 0.15) is 64.3 Å². The van der Waals surface area contributed by atoms with Crippen molar-refractivity contribution in [3.8, 4) is 5.75 Å². The zero-order valence-corrected chi connectivity index (χ0v) is 14.2. The summed E-state index contributed by atoms with van der Waals surface area (Å²) in [7, 11) is 0. The highest BCUT2D eigenvalue weighted by Crippen LogP contribution is 2.42. The fraction of sp³-hybridized carbons (Fsp3) is 0.647. The highest BCUT2D eigenvalue weighted by Gasteiger charge is 2.39. The zero-order valence-electron chi connectivity index (χ0n) is 14.2. The molecule has 0 bridgehead atoms. The van der Waals surface area contributed by atoms with Crippen molar-refractivity contribution >= 4 is 0 Å². The van der Waals surface area contributed by atoms with Crippen molar-refractivity contribution in [3.63, 3.8) is 0 Å². The molecule has 1 atom stereocenters. The predicted octanol–water partition coefficient (Wildman–Crippen LogP) is 3.61. The van der Waals surface area contributed by atoms with Crippen LogP contribution >= 0.6 is 0 Å². The molecule has 1 aromatic rings. The maximum absolute atomic E-state index is 13.8. The number of hydrogen-bond donors (Lipinski definition) is 3. The minimum atomic E-state index is -3.42. The van der Waals surface area contributed by atoms with Crippen LogP contribution in [0.3, 0.4) is 0 Å². The van der Waals surface area contributed by atoms with Crippen molar-refractivity contribution in [2.24, 2.45) is 5.73 Å². The summed E-state index contributed by atoms with van der Waals surface area (Å²) in [5, 5.41) is 19.4. The lowest BCUT2D eigenvalue weighted by molar-refractivity contribution is -0.0712. The molecule has 0 radical (unpaired) electrons. The summed E-state index contributed by atoms with van der Waals surface area (Å²) in [4.78, 5) is 0. The summed E-state index contributed by atoms with van der Waals surface area (Å²) >= 11 is 0. The molecule has 0 saturated carbocycles. The first-order valence-electron chi connectivity index (χ1n) is 7.34. The molecule has 0 spiro atoms. The number of phenolic OH excluding ortho intramolecular Hbond substituents is 1. The van der Waals surface area contributed by atoms with Crippen LogP contribution in [0.2, 0.25) is 0 Å². The third kappa shape index (κ3) is 3.76. The van der Waals surface area contributed by atoms with E-state index in [1.54, 1.807) is 0 Å². The van der Waals surface area contributed by atoms with E-state index in [2.05, 4.69) is 0 Å². The SMILES string of the molecule is CC(C)(C)c1cc([C@H](N)C(F)(F)CO)cc(C(C)(C)C)c1O. The third-order valence-electron chi connectivity index (χ3n) is 3.77. The van der Waals surface area contributed by atoms with Gasteiger partial charge in [0.05, 0.1) is 6.04 Å². The van der Waals surface area contributed by atoms with Crippen molar-refractivity contribution in [1.29, 1.82) is 0 Å². The van der Waals surface area contributed by atoms with Gasteiger partial charge >= 0.3 is 0 Å². The molecule has 5 heteroatoms. The molecule has 126 valence electrons. The average molecular weight is 315 g/mol. The summed E-state index contributed by atoms with van der Waals surface area (Å²) in [5.41, 5.74) is 6.17. The van der Waals surface area contributed by atoms with Crippen molar-refractivity contribution in [2.45, 2.75) is 64.3 Å². The molecule has 4 N–H and O–H groups in total. The normalized spacial score (nSPS) is 15.0. The molecule has 0 aliphatic carbocycles. The number of alkyl halides is 2. The Morgan fingerprint density at radius 1 is 1.00 bits per heavy atom. The first-order chi connectivity index (χ1) is 9.71. The van der Waals surface area contributed by atoms with E-state index < -0.39 is 29.4 Å². The van der Waals surface area contributed by atoms with Crippen LogP contribution < -0.4 is 5.73 Å². The van der Waals surface area contributed by atoms with Crippen LogP contribution in [-0.2, 0) is 10.8 Å². The Kier molecular flexibility index (Phi) is 4.95. The van der Waals surface area contributed by atoms with E-state index in [-0.39, 0.29) is 11.3 Å². The van der Waals surface area contributed by atoms with Gasteiger partial charge in [0.1, 0.15) is 12.4 Å². The lowest BCUT2D eigenvalue weighted by Gasteiger charge is -2.30. The number of aromatic hydroxyl groups is 1. The average Bonchev–Trinajstić information content (AvgIpc) is 2.35. The Morgan fingerprint density at radius 2 is 1.36 bits per heavy atom. The van der Waals surface area contributed by atoms with Gasteiger partial charge in [0.25, 0.3) is 5.92 Å². The second-order valence-corrected chi connectivity index (χ2v) is 7.86. The first-order valence-corrected chi connectivity index (χ1v) is 7.34. The number of aliphatic hydroxyl groups excluding tert-OH is 1. The first kappa shape index (κ1) is 18.8. The van der Waals surface area contributed by atoms with E-state index in [9.17, 15) is 13.9 Å². The number of phenols is 1. The van der Waals surface area contributed by atoms with E-state index in [0.717, 1.165) is 0 Å². The molecular weight excluding hydrogens is 288 g/mol. The molecule has 1 aromatic carbocycles. The molecule has 1 rings (SSSR count). The van der Waals surface area contributed by atoms with Crippen molar-refractivity contribution in [2.75, 3.05) is 6.61 Å². The van der Waals surface area contributed by atoms with Gasteiger partial charge in [-0.05, 0) is 39.7 Å². The van der Waals surface area contributed by atoms with Gasteiger partial charge in [0.2, 0.25) is 0 Å². The van der Waals surface area contributed by atoms with Gasteiger partial charge in [-0.15, -0.1) is 0 Å². The van der Waals surface area contributed by atoms with E-state index in [1.807, 2.05) is 41.5 Å². The lowest BCUT2D eigenvalue weighted by Crippen LogP contribution is -2.36. The van der Waals surface area contributed by atoms with Gasteiger partial charge in [-0.3, -0.25) is 0 Å². The standard InChI is InChI=1S/C17H27F2NO2/c1-15(2,3)11-7-10(14(20)17(18,19)9-21)8-12(13(11)22)16(4,5)6/h7-8,14,21-22H,9,20H2,1-6H3/t14-/m0/s1. The van der Waals surface area contributed by atoms with Crippen LogP contribution in [0.15, 0.2) is 12.1 Å². The van der Waals surface area contributed by atoms with Crippen LogP contribution in [0.25, 0.3) is 0 Å². The maximum atomic E-state index is 13.8. The van der Waals surface area contributed by atoms with Crippen LogP contribution in [-0.4, -0.2) is 22.7 Å². The van der Waals surface area contributed by atoms with E-state index in [4.69, 9.17) is 10.8 Å². The summed E-state index contributed by atoms with van der Waals surface area (Å²) < 4.78 is 27.5. The van der Waals surface area contributed by atoms with Gasteiger partial charge < -0.3 is 15.9 Å². The Bertz CT molecular complexity index is 508. The van der Waals surface area contributed by atoms with Gasteiger partial charge in [-0.1, -0.05) is 41.5 Å². The molecule has 0 saturated heterocycles. The molecule has 0 aromatic heterocycles. The highest BCUT2D eigenvalue weighted by atomic mass is 19.3. The maximum Gasteiger partial charge on any atom is 0.289 e. The molecule has 22 heavy (non-hydrogen) atoms. The Hall–Kier alpha value is -1.20. The Labute approximate surface area is 131 Å². The molecule has 0 aliphatic rings. The summed E-state index contributed by atoms with van der Waals surface area (Å²) in [6.07, 6.45) is 0. The molecule has 0 aliphatic heterocycles. The third-order valence-corrected chi connectivity index (χ3v) is 3.77.